The summed E-state index contributed by atoms with van der Waals surface area (Å²) in [6, 6.07) is 0.354. The van der Waals surface area contributed by atoms with E-state index in [0.29, 0.717) is 18.4 Å². The second-order valence-electron chi connectivity index (χ2n) is 4.92. The molecule has 0 aromatic heterocycles. The van der Waals surface area contributed by atoms with E-state index in [-0.39, 0.29) is 5.91 Å². The molecule has 0 aromatic rings. The minimum Gasteiger partial charge on any atom is -0.338 e. The lowest BCUT2D eigenvalue weighted by Gasteiger charge is -2.30. The molecule has 0 aliphatic carbocycles. The molecule has 82 valence electrons. The molecule has 0 spiro atoms. The fourth-order valence-electron chi connectivity index (χ4n) is 2.06. The van der Waals surface area contributed by atoms with Crippen molar-refractivity contribution in [3.63, 3.8) is 0 Å². The highest BCUT2D eigenvalue weighted by Gasteiger charge is 2.37. The molecule has 1 rings (SSSR count). The molecule has 2 N–H and O–H groups in total. The van der Waals surface area contributed by atoms with Crippen LogP contribution in [0.25, 0.3) is 0 Å². The van der Waals surface area contributed by atoms with Gasteiger partial charge in [0.05, 0.1) is 5.54 Å². The van der Waals surface area contributed by atoms with E-state index in [1.54, 1.807) is 0 Å². The first-order chi connectivity index (χ1) is 6.38. The van der Waals surface area contributed by atoms with Crippen molar-refractivity contribution in [1.82, 2.24) is 4.90 Å². The second-order valence-corrected chi connectivity index (χ2v) is 4.92. The number of nitrogens with zero attached hydrogens (tertiary/aromatic N) is 1. The number of carbonyl (C=O) groups excluding carboxylic acids is 1. The van der Waals surface area contributed by atoms with Crippen molar-refractivity contribution >= 4 is 5.91 Å². The van der Waals surface area contributed by atoms with Gasteiger partial charge in [-0.3, -0.25) is 4.79 Å². The Balaban J connectivity index is 2.70. The van der Waals surface area contributed by atoms with Gasteiger partial charge >= 0.3 is 0 Å². The Kier molecular flexibility index (Phi) is 3.20. The minimum absolute atomic E-state index is 0.108. The summed E-state index contributed by atoms with van der Waals surface area (Å²) in [7, 11) is 0. The molecule has 3 heteroatoms. The zero-order chi connectivity index (χ0) is 10.9. The molecule has 1 aliphatic rings. The average molecular weight is 198 g/mol. The lowest BCUT2D eigenvalue weighted by Crippen LogP contribution is -2.53. The Morgan fingerprint density at radius 2 is 2.14 bits per heavy atom. The SMILES string of the molecule is CCC(C)(N)C(=O)N1CC(C)CC1C. The predicted octanol–water partition coefficient (Wildman–Crippen LogP) is 1.37. The number of rotatable bonds is 2. The molecule has 1 aliphatic heterocycles. The average Bonchev–Trinajstić information content (AvgIpc) is 2.44. The molecule has 3 unspecified atom stereocenters. The second kappa shape index (κ2) is 3.89. The molecular weight excluding hydrogens is 176 g/mol. The molecule has 3 atom stereocenters. The van der Waals surface area contributed by atoms with Crippen molar-refractivity contribution in [1.29, 1.82) is 0 Å². The van der Waals surface area contributed by atoms with Crippen LogP contribution in [0.4, 0.5) is 0 Å². The van der Waals surface area contributed by atoms with Gasteiger partial charge < -0.3 is 10.6 Å². The van der Waals surface area contributed by atoms with E-state index >= 15 is 0 Å². The lowest BCUT2D eigenvalue weighted by molar-refractivity contribution is -0.137. The van der Waals surface area contributed by atoms with Crippen LogP contribution in [-0.4, -0.2) is 28.9 Å². The Morgan fingerprint density at radius 3 is 2.50 bits per heavy atom. The van der Waals surface area contributed by atoms with E-state index in [2.05, 4.69) is 13.8 Å². The zero-order valence-corrected chi connectivity index (χ0v) is 9.71. The molecule has 1 amide bonds. The van der Waals surface area contributed by atoms with Gasteiger partial charge in [-0.1, -0.05) is 13.8 Å². The first-order valence-corrected chi connectivity index (χ1v) is 5.48. The molecule has 0 aromatic carbocycles. The maximum atomic E-state index is 12.1. The third-order valence-corrected chi connectivity index (χ3v) is 3.27. The Labute approximate surface area is 86.6 Å². The van der Waals surface area contributed by atoms with Crippen molar-refractivity contribution in [3.05, 3.63) is 0 Å². The van der Waals surface area contributed by atoms with Crippen LogP contribution >= 0.6 is 0 Å². The van der Waals surface area contributed by atoms with Crippen molar-refractivity contribution in [2.45, 2.75) is 52.1 Å². The summed E-state index contributed by atoms with van der Waals surface area (Å²) in [6.45, 7) is 8.94. The van der Waals surface area contributed by atoms with Crippen LogP contribution in [0, 0.1) is 5.92 Å². The molecule has 14 heavy (non-hydrogen) atoms. The van der Waals surface area contributed by atoms with E-state index in [9.17, 15) is 4.79 Å². The van der Waals surface area contributed by atoms with Crippen LogP contribution in [0.15, 0.2) is 0 Å². The molecule has 0 bridgehead atoms. The Morgan fingerprint density at radius 1 is 1.57 bits per heavy atom. The maximum Gasteiger partial charge on any atom is 0.242 e. The molecule has 0 radical (unpaired) electrons. The smallest absolute Gasteiger partial charge is 0.242 e. The van der Waals surface area contributed by atoms with Gasteiger partial charge in [0.2, 0.25) is 5.91 Å². The number of nitrogens with two attached hydrogens (primary N) is 1. The van der Waals surface area contributed by atoms with Crippen LogP contribution in [-0.2, 0) is 4.79 Å². The number of hydrogen-bond acceptors (Lipinski definition) is 2. The fourth-order valence-corrected chi connectivity index (χ4v) is 2.06. The van der Waals surface area contributed by atoms with Crippen LogP contribution in [0.1, 0.15) is 40.5 Å². The van der Waals surface area contributed by atoms with Crippen LogP contribution in [0.5, 0.6) is 0 Å². The molecular formula is C11H22N2O. The summed E-state index contributed by atoms with van der Waals surface area (Å²) in [5.74, 6) is 0.721. The Hall–Kier alpha value is -0.570. The number of likely N-dealkylation sites (tertiary alicyclic amines) is 1. The van der Waals surface area contributed by atoms with E-state index in [0.717, 1.165) is 13.0 Å². The van der Waals surface area contributed by atoms with Crippen LogP contribution < -0.4 is 5.73 Å². The third kappa shape index (κ3) is 2.08. The predicted molar refractivity (Wildman–Crippen MR) is 57.8 cm³/mol. The van der Waals surface area contributed by atoms with Gasteiger partial charge in [-0.05, 0) is 32.6 Å². The fraction of sp³-hybridized carbons (Fsp3) is 0.909. The summed E-state index contributed by atoms with van der Waals surface area (Å²) in [5.41, 5.74) is 5.27. The quantitative estimate of drug-likeness (QED) is 0.728. The topological polar surface area (TPSA) is 46.3 Å². The maximum absolute atomic E-state index is 12.1. The van der Waals surface area contributed by atoms with Crippen molar-refractivity contribution in [2.75, 3.05) is 6.54 Å². The first kappa shape index (κ1) is 11.5. The monoisotopic (exact) mass is 198 g/mol. The molecule has 0 saturated carbocycles. The molecule has 3 nitrogen and oxygen atoms in total. The number of amides is 1. The van der Waals surface area contributed by atoms with Crippen LogP contribution in [0.3, 0.4) is 0 Å². The summed E-state index contributed by atoms with van der Waals surface area (Å²) in [4.78, 5) is 14.0. The number of hydrogen-bond donors (Lipinski definition) is 1. The highest BCUT2D eigenvalue weighted by molar-refractivity contribution is 5.86. The number of carbonyl (C=O) groups is 1. The molecule has 1 fully saturated rings. The van der Waals surface area contributed by atoms with Crippen molar-refractivity contribution < 1.29 is 4.79 Å². The van der Waals surface area contributed by atoms with E-state index in [1.807, 2.05) is 18.7 Å². The van der Waals surface area contributed by atoms with Gasteiger partial charge in [0.1, 0.15) is 0 Å². The van der Waals surface area contributed by atoms with E-state index in [1.165, 1.54) is 0 Å². The highest BCUT2D eigenvalue weighted by Crippen LogP contribution is 2.25. The zero-order valence-electron chi connectivity index (χ0n) is 9.71. The molecule has 1 saturated heterocycles. The van der Waals surface area contributed by atoms with Crippen LogP contribution in [0.2, 0.25) is 0 Å². The summed E-state index contributed by atoms with van der Waals surface area (Å²) >= 11 is 0. The lowest BCUT2D eigenvalue weighted by atomic mass is 9.98. The Bertz CT molecular complexity index is 225. The standard InChI is InChI=1S/C11H22N2O/c1-5-11(4,12)10(14)13-7-8(2)6-9(13)3/h8-9H,5-7,12H2,1-4H3. The highest BCUT2D eigenvalue weighted by atomic mass is 16.2. The van der Waals surface area contributed by atoms with Gasteiger partial charge in [0.15, 0.2) is 0 Å². The van der Waals surface area contributed by atoms with Gasteiger partial charge in [-0.2, -0.15) is 0 Å². The first-order valence-electron chi connectivity index (χ1n) is 5.48. The minimum atomic E-state index is -0.682. The van der Waals surface area contributed by atoms with Gasteiger partial charge in [-0.25, -0.2) is 0 Å². The summed E-state index contributed by atoms with van der Waals surface area (Å²) in [5, 5.41) is 0. The summed E-state index contributed by atoms with van der Waals surface area (Å²) < 4.78 is 0. The van der Waals surface area contributed by atoms with Gasteiger partial charge in [-0.15, -0.1) is 0 Å². The van der Waals surface area contributed by atoms with Gasteiger partial charge in [0.25, 0.3) is 0 Å². The third-order valence-electron chi connectivity index (χ3n) is 3.27. The van der Waals surface area contributed by atoms with Crippen molar-refractivity contribution in [3.8, 4) is 0 Å². The largest absolute Gasteiger partial charge is 0.338 e. The van der Waals surface area contributed by atoms with E-state index < -0.39 is 5.54 Å². The van der Waals surface area contributed by atoms with Crippen molar-refractivity contribution in [2.24, 2.45) is 11.7 Å². The summed E-state index contributed by atoms with van der Waals surface area (Å²) in [6.07, 6.45) is 1.80. The van der Waals surface area contributed by atoms with E-state index in [4.69, 9.17) is 5.73 Å². The van der Waals surface area contributed by atoms with Gasteiger partial charge in [0, 0.05) is 12.6 Å². The molecule has 1 heterocycles. The normalized spacial score (nSPS) is 31.6.